The highest BCUT2D eigenvalue weighted by Gasteiger charge is 2.23. The molecule has 1 aromatic rings. The number of hydrogen-bond donors (Lipinski definition) is 2. The first-order valence-electron chi connectivity index (χ1n) is 9.43. The molecule has 2 aliphatic rings. The summed E-state index contributed by atoms with van der Waals surface area (Å²) >= 11 is 0. The van der Waals surface area contributed by atoms with Gasteiger partial charge in [-0.3, -0.25) is 14.5 Å². The molecule has 138 valence electrons. The quantitative estimate of drug-likeness (QED) is 0.627. The van der Waals surface area contributed by atoms with Crippen LogP contribution >= 0.6 is 0 Å². The van der Waals surface area contributed by atoms with Gasteiger partial charge in [-0.1, -0.05) is 12.8 Å². The van der Waals surface area contributed by atoms with E-state index in [1.165, 1.54) is 25.7 Å². The monoisotopic (exact) mass is 346 g/mol. The average molecular weight is 346 g/mol. The molecule has 25 heavy (non-hydrogen) atoms. The van der Waals surface area contributed by atoms with E-state index < -0.39 is 0 Å². The van der Waals surface area contributed by atoms with Gasteiger partial charge in [0.2, 0.25) is 5.91 Å². The maximum absolute atomic E-state index is 11.2. The molecule has 1 aliphatic carbocycles. The second-order valence-corrected chi connectivity index (χ2v) is 7.25. The lowest BCUT2D eigenvalue weighted by atomic mass is 9.95. The molecule has 1 amide bonds. The van der Waals surface area contributed by atoms with Crippen LogP contribution in [0.5, 0.6) is 0 Å². The van der Waals surface area contributed by atoms with Gasteiger partial charge in [-0.25, -0.2) is 0 Å². The summed E-state index contributed by atoms with van der Waals surface area (Å²) in [6.45, 7) is 2.47. The lowest BCUT2D eigenvalue weighted by Crippen LogP contribution is -2.47. The van der Waals surface area contributed by atoms with Crippen molar-refractivity contribution in [3.05, 3.63) is 18.0 Å². The number of nitrogens with zero attached hydrogens (tertiary/aromatic N) is 4. The number of aromatic nitrogens is 2. The fourth-order valence-corrected chi connectivity index (χ4v) is 4.05. The predicted octanol–water partition coefficient (Wildman–Crippen LogP) is 1.66. The molecule has 1 unspecified atom stereocenters. The van der Waals surface area contributed by atoms with Crippen LogP contribution in [0.15, 0.2) is 17.3 Å². The molecule has 7 heteroatoms. The molecule has 0 bridgehead atoms. The number of hydrogen-bond acceptors (Lipinski definition) is 3. The van der Waals surface area contributed by atoms with Crippen LogP contribution in [0.2, 0.25) is 0 Å². The number of aliphatic imine (C=N–C) groups is 1. The zero-order chi connectivity index (χ0) is 17.6. The number of carbonyl (C=O) groups is 1. The van der Waals surface area contributed by atoms with Gasteiger partial charge in [0.1, 0.15) is 0 Å². The standard InChI is InChI=1S/C18H30N6O/c1-20-18(23-9-4-5-14(13-23)11-17(19)25)21-12-15-8-10-24(22-15)16-6-2-3-7-16/h8,10,14,16H,2-7,9,11-13H2,1H3,(H2,19,25)(H,20,21). The molecule has 3 rings (SSSR count). The Morgan fingerprint density at radius 2 is 2.16 bits per heavy atom. The first-order chi connectivity index (χ1) is 12.2. The second-order valence-electron chi connectivity index (χ2n) is 7.25. The number of guanidine groups is 1. The number of primary amides is 1. The normalized spacial score (nSPS) is 22.4. The second kappa shape index (κ2) is 8.36. The molecule has 0 spiro atoms. The highest BCUT2D eigenvalue weighted by atomic mass is 16.1. The van der Waals surface area contributed by atoms with Gasteiger partial charge in [-0.2, -0.15) is 5.10 Å². The third kappa shape index (κ3) is 4.74. The van der Waals surface area contributed by atoms with Crippen LogP contribution in [0.3, 0.4) is 0 Å². The van der Waals surface area contributed by atoms with Gasteiger partial charge < -0.3 is 16.0 Å². The molecule has 1 saturated carbocycles. The Labute approximate surface area is 149 Å². The molecule has 1 aliphatic heterocycles. The third-order valence-corrected chi connectivity index (χ3v) is 5.31. The molecular weight excluding hydrogens is 316 g/mol. The van der Waals surface area contributed by atoms with Crippen molar-refractivity contribution in [1.82, 2.24) is 20.0 Å². The smallest absolute Gasteiger partial charge is 0.217 e. The van der Waals surface area contributed by atoms with E-state index in [0.29, 0.717) is 24.9 Å². The highest BCUT2D eigenvalue weighted by Crippen LogP contribution is 2.28. The lowest BCUT2D eigenvalue weighted by Gasteiger charge is -2.34. The first-order valence-corrected chi connectivity index (χ1v) is 9.43. The van der Waals surface area contributed by atoms with Crippen molar-refractivity contribution in [2.45, 2.75) is 57.5 Å². The zero-order valence-electron chi connectivity index (χ0n) is 15.2. The Hall–Kier alpha value is -2.05. The van der Waals surface area contributed by atoms with Crippen LogP contribution in [0, 0.1) is 5.92 Å². The van der Waals surface area contributed by atoms with E-state index in [0.717, 1.165) is 37.6 Å². The van der Waals surface area contributed by atoms with Crippen LogP contribution in [0.25, 0.3) is 0 Å². The molecular formula is C18H30N6O. The molecule has 1 saturated heterocycles. The Kier molecular flexibility index (Phi) is 5.94. The summed E-state index contributed by atoms with van der Waals surface area (Å²) in [4.78, 5) is 17.8. The summed E-state index contributed by atoms with van der Waals surface area (Å²) in [5.41, 5.74) is 6.39. The van der Waals surface area contributed by atoms with Crippen molar-refractivity contribution in [3.8, 4) is 0 Å². The third-order valence-electron chi connectivity index (χ3n) is 5.31. The minimum absolute atomic E-state index is 0.216. The van der Waals surface area contributed by atoms with E-state index >= 15 is 0 Å². The number of amides is 1. The summed E-state index contributed by atoms with van der Waals surface area (Å²) in [7, 11) is 1.80. The van der Waals surface area contributed by atoms with Crippen LogP contribution in [-0.2, 0) is 11.3 Å². The van der Waals surface area contributed by atoms with E-state index in [2.05, 4.69) is 32.2 Å². The number of piperidine rings is 1. The van der Waals surface area contributed by atoms with Crippen LogP contribution in [0.1, 0.15) is 56.7 Å². The van der Waals surface area contributed by atoms with Crippen molar-refractivity contribution in [3.63, 3.8) is 0 Å². The predicted molar refractivity (Wildman–Crippen MR) is 98.0 cm³/mol. The van der Waals surface area contributed by atoms with Gasteiger partial charge in [0.05, 0.1) is 18.3 Å². The molecule has 0 radical (unpaired) electrons. The summed E-state index contributed by atoms with van der Waals surface area (Å²) in [5, 5.41) is 8.13. The van der Waals surface area contributed by atoms with E-state index in [-0.39, 0.29) is 5.91 Å². The fourth-order valence-electron chi connectivity index (χ4n) is 4.05. The molecule has 2 heterocycles. The van der Waals surface area contributed by atoms with Gasteiger partial charge in [-0.05, 0) is 37.7 Å². The number of nitrogens with one attached hydrogen (secondary N) is 1. The summed E-state index contributed by atoms with van der Waals surface area (Å²) < 4.78 is 2.12. The summed E-state index contributed by atoms with van der Waals surface area (Å²) in [6, 6.07) is 2.66. The summed E-state index contributed by atoms with van der Waals surface area (Å²) in [6.07, 6.45) is 9.78. The maximum Gasteiger partial charge on any atom is 0.217 e. The lowest BCUT2D eigenvalue weighted by molar-refractivity contribution is -0.119. The van der Waals surface area contributed by atoms with Crippen LogP contribution < -0.4 is 11.1 Å². The molecule has 1 atom stereocenters. The van der Waals surface area contributed by atoms with Crippen molar-refractivity contribution >= 4 is 11.9 Å². The van der Waals surface area contributed by atoms with Crippen LogP contribution in [-0.4, -0.2) is 46.7 Å². The Bertz CT molecular complexity index is 604. The average Bonchev–Trinajstić information content (AvgIpc) is 3.26. The molecule has 0 aromatic carbocycles. The maximum atomic E-state index is 11.2. The zero-order valence-corrected chi connectivity index (χ0v) is 15.2. The molecule has 1 aromatic heterocycles. The Balaban J connectivity index is 1.53. The minimum atomic E-state index is -0.216. The van der Waals surface area contributed by atoms with Crippen LogP contribution in [0.4, 0.5) is 0 Å². The van der Waals surface area contributed by atoms with Crippen molar-refractivity contribution in [1.29, 1.82) is 0 Å². The van der Waals surface area contributed by atoms with E-state index in [1.54, 1.807) is 7.05 Å². The van der Waals surface area contributed by atoms with E-state index in [9.17, 15) is 4.79 Å². The van der Waals surface area contributed by atoms with Crippen molar-refractivity contribution in [2.24, 2.45) is 16.6 Å². The van der Waals surface area contributed by atoms with Gasteiger partial charge in [-0.15, -0.1) is 0 Å². The fraction of sp³-hybridized carbons (Fsp3) is 0.722. The topological polar surface area (TPSA) is 88.5 Å². The van der Waals surface area contributed by atoms with E-state index in [1.807, 2.05) is 0 Å². The SMILES string of the molecule is CN=C(NCc1ccn(C2CCCC2)n1)N1CCCC(CC(N)=O)C1. The number of nitrogens with two attached hydrogens (primary N) is 1. The van der Waals surface area contributed by atoms with Gasteiger partial charge in [0, 0.05) is 32.8 Å². The Morgan fingerprint density at radius 3 is 2.88 bits per heavy atom. The number of likely N-dealkylation sites (tertiary alicyclic amines) is 1. The van der Waals surface area contributed by atoms with Gasteiger partial charge in [0.15, 0.2) is 5.96 Å². The minimum Gasteiger partial charge on any atom is -0.370 e. The molecule has 3 N–H and O–H groups in total. The van der Waals surface area contributed by atoms with Gasteiger partial charge in [0.25, 0.3) is 0 Å². The number of carbonyl (C=O) groups excluding carboxylic acids is 1. The largest absolute Gasteiger partial charge is 0.370 e. The Morgan fingerprint density at radius 1 is 1.36 bits per heavy atom. The van der Waals surface area contributed by atoms with Gasteiger partial charge >= 0.3 is 0 Å². The molecule has 7 nitrogen and oxygen atoms in total. The summed E-state index contributed by atoms with van der Waals surface area (Å²) in [5.74, 6) is 0.989. The van der Waals surface area contributed by atoms with Crippen molar-refractivity contribution in [2.75, 3.05) is 20.1 Å². The highest BCUT2D eigenvalue weighted by molar-refractivity contribution is 5.80. The first kappa shape index (κ1) is 17.8. The molecule has 2 fully saturated rings. The van der Waals surface area contributed by atoms with Crippen molar-refractivity contribution < 1.29 is 4.79 Å². The number of rotatable bonds is 5. The van der Waals surface area contributed by atoms with E-state index in [4.69, 9.17) is 10.8 Å².